The Labute approximate surface area is 225 Å². The van der Waals surface area contributed by atoms with Gasteiger partial charge in [0.2, 0.25) is 10.0 Å². The second-order valence-electron chi connectivity index (χ2n) is 10.8. The second kappa shape index (κ2) is 11.5. The summed E-state index contributed by atoms with van der Waals surface area (Å²) in [7, 11) is -3.17. The van der Waals surface area contributed by atoms with Crippen molar-refractivity contribution in [3.63, 3.8) is 0 Å². The predicted molar refractivity (Wildman–Crippen MR) is 146 cm³/mol. The van der Waals surface area contributed by atoms with E-state index >= 15 is 0 Å². The summed E-state index contributed by atoms with van der Waals surface area (Å²) in [6.07, 6.45) is 7.10. The molecule has 1 unspecified atom stereocenters. The van der Waals surface area contributed by atoms with E-state index in [1.165, 1.54) is 18.1 Å². The Hall–Kier alpha value is -2.76. The normalized spacial score (nSPS) is 21.5. The molecule has 11 heteroatoms. The number of anilines is 1. The minimum Gasteiger partial charge on any atom is -0.493 e. The van der Waals surface area contributed by atoms with E-state index in [2.05, 4.69) is 31.0 Å². The van der Waals surface area contributed by atoms with Crippen molar-refractivity contribution < 1.29 is 17.9 Å². The second-order valence-corrected chi connectivity index (χ2v) is 12.6. The molecule has 0 aliphatic carbocycles. The van der Waals surface area contributed by atoms with E-state index in [0.717, 1.165) is 56.5 Å². The van der Waals surface area contributed by atoms with Crippen LogP contribution in [0.5, 0.6) is 5.75 Å². The molecule has 0 saturated carbocycles. The molecule has 1 atom stereocenters. The third kappa shape index (κ3) is 6.44. The molecular formula is C27H38N6O4S. The first-order chi connectivity index (χ1) is 18.3. The van der Waals surface area contributed by atoms with Crippen LogP contribution in [0.2, 0.25) is 0 Å². The van der Waals surface area contributed by atoms with Crippen LogP contribution in [0.15, 0.2) is 30.6 Å². The molecule has 38 heavy (non-hydrogen) atoms. The van der Waals surface area contributed by atoms with E-state index in [0.29, 0.717) is 49.7 Å². The fraction of sp³-hybridized carbons (Fsp3) is 0.593. The van der Waals surface area contributed by atoms with Crippen LogP contribution in [0.1, 0.15) is 47.3 Å². The molecule has 3 aliphatic heterocycles. The van der Waals surface area contributed by atoms with Gasteiger partial charge >= 0.3 is 0 Å². The number of nitrogens with one attached hydrogen (secondary N) is 2. The molecule has 2 aromatic rings. The molecule has 2 N–H and O–H groups in total. The SMILES string of the molecule is Cc1c(NCC2COc3ccccc3C2)ncnc1C(=O)N1CCC(N2CCC(NS(C)(=O)=O)CC2)CC1. The number of fused-ring (bicyclic) bond motifs is 1. The van der Waals surface area contributed by atoms with E-state index in [1.807, 2.05) is 30.0 Å². The molecule has 0 bridgehead atoms. The summed E-state index contributed by atoms with van der Waals surface area (Å²) in [6.45, 7) is 6.41. The van der Waals surface area contributed by atoms with Crippen LogP contribution in [0.25, 0.3) is 0 Å². The highest BCUT2D eigenvalue weighted by molar-refractivity contribution is 7.88. The lowest BCUT2D eigenvalue weighted by atomic mass is 9.96. The van der Waals surface area contributed by atoms with E-state index in [1.54, 1.807) is 0 Å². The molecule has 206 valence electrons. The number of para-hydroxylation sites is 1. The Morgan fingerprint density at radius 1 is 1.08 bits per heavy atom. The molecule has 1 aromatic heterocycles. The molecule has 1 amide bonds. The van der Waals surface area contributed by atoms with Crippen LogP contribution >= 0.6 is 0 Å². The number of carbonyl (C=O) groups excluding carboxylic acids is 1. The van der Waals surface area contributed by atoms with Crippen molar-refractivity contribution in [3.8, 4) is 5.75 Å². The molecule has 4 heterocycles. The molecule has 10 nitrogen and oxygen atoms in total. The average molecular weight is 543 g/mol. The fourth-order valence-corrected chi connectivity index (χ4v) is 6.72. The number of amides is 1. The van der Waals surface area contributed by atoms with Gasteiger partial charge in [-0.2, -0.15) is 0 Å². The van der Waals surface area contributed by atoms with Crippen LogP contribution in [-0.4, -0.2) is 91.8 Å². The first kappa shape index (κ1) is 26.8. The maximum absolute atomic E-state index is 13.4. The van der Waals surface area contributed by atoms with E-state index < -0.39 is 10.0 Å². The maximum Gasteiger partial charge on any atom is 0.272 e. The van der Waals surface area contributed by atoms with Crippen molar-refractivity contribution in [2.24, 2.45) is 5.92 Å². The van der Waals surface area contributed by atoms with Gasteiger partial charge in [-0.15, -0.1) is 0 Å². The van der Waals surface area contributed by atoms with Crippen molar-refractivity contribution in [3.05, 3.63) is 47.4 Å². The minimum atomic E-state index is -3.17. The third-order valence-corrected chi connectivity index (χ3v) is 8.74. The summed E-state index contributed by atoms with van der Waals surface area (Å²) < 4.78 is 31.7. The van der Waals surface area contributed by atoms with E-state index in [-0.39, 0.29) is 11.9 Å². The summed E-state index contributed by atoms with van der Waals surface area (Å²) in [5, 5.41) is 3.43. The molecule has 2 fully saturated rings. The van der Waals surface area contributed by atoms with Gasteiger partial charge in [0.05, 0.1) is 12.9 Å². The highest BCUT2D eigenvalue weighted by Crippen LogP contribution is 2.28. The van der Waals surface area contributed by atoms with Gasteiger partial charge in [0, 0.05) is 43.2 Å². The largest absolute Gasteiger partial charge is 0.493 e. The van der Waals surface area contributed by atoms with Gasteiger partial charge in [-0.3, -0.25) is 4.79 Å². The minimum absolute atomic E-state index is 0.0212. The van der Waals surface area contributed by atoms with Gasteiger partial charge in [-0.05, 0) is 63.7 Å². The lowest BCUT2D eigenvalue weighted by Crippen LogP contribution is -2.51. The summed E-state index contributed by atoms with van der Waals surface area (Å²) >= 11 is 0. The van der Waals surface area contributed by atoms with Crippen LogP contribution < -0.4 is 14.8 Å². The van der Waals surface area contributed by atoms with Crippen LogP contribution in [0, 0.1) is 12.8 Å². The van der Waals surface area contributed by atoms with Gasteiger partial charge < -0.3 is 19.9 Å². The van der Waals surface area contributed by atoms with Crippen molar-refractivity contribution in [2.75, 3.05) is 50.9 Å². The number of likely N-dealkylation sites (tertiary alicyclic amines) is 2. The number of carbonyl (C=O) groups is 1. The Bertz CT molecular complexity index is 1240. The number of hydrogen-bond donors (Lipinski definition) is 2. The maximum atomic E-state index is 13.4. The molecule has 5 rings (SSSR count). The Morgan fingerprint density at radius 3 is 2.55 bits per heavy atom. The van der Waals surface area contributed by atoms with Gasteiger partial charge in [-0.1, -0.05) is 18.2 Å². The van der Waals surface area contributed by atoms with Crippen LogP contribution in [0.3, 0.4) is 0 Å². The van der Waals surface area contributed by atoms with E-state index in [9.17, 15) is 13.2 Å². The number of benzene rings is 1. The number of aromatic nitrogens is 2. The smallest absolute Gasteiger partial charge is 0.272 e. The number of hydrogen-bond acceptors (Lipinski definition) is 8. The number of nitrogens with zero attached hydrogens (tertiary/aromatic N) is 4. The molecule has 3 aliphatic rings. The van der Waals surface area contributed by atoms with Gasteiger partial charge in [-0.25, -0.2) is 23.1 Å². The standard InChI is InChI=1S/C27H38N6O4S/c1-19-25(29-18-30-26(19)28-16-20-15-21-5-3-4-6-24(21)37-17-20)27(34)33-13-9-23(10-14-33)32-11-7-22(8-12-32)31-38(2,35)36/h3-6,18,20,22-23,31H,7-17H2,1-2H3,(H,28,29,30). The molecule has 2 saturated heterocycles. The summed E-state index contributed by atoms with van der Waals surface area (Å²) in [4.78, 5) is 26.5. The first-order valence-corrected chi connectivity index (χ1v) is 15.4. The summed E-state index contributed by atoms with van der Waals surface area (Å²) in [6, 6.07) is 8.59. The van der Waals surface area contributed by atoms with Crippen molar-refractivity contribution in [1.82, 2.24) is 24.5 Å². The lowest BCUT2D eigenvalue weighted by molar-refractivity contribution is 0.0570. The van der Waals surface area contributed by atoms with E-state index in [4.69, 9.17) is 4.74 Å². The predicted octanol–water partition coefficient (Wildman–Crippen LogP) is 2.07. The fourth-order valence-electron chi connectivity index (χ4n) is 5.88. The zero-order valence-corrected chi connectivity index (χ0v) is 23.0. The van der Waals surface area contributed by atoms with Gasteiger partial charge in [0.1, 0.15) is 23.6 Å². The summed E-state index contributed by atoms with van der Waals surface area (Å²) in [5.41, 5.74) is 2.45. The zero-order valence-electron chi connectivity index (χ0n) is 22.2. The van der Waals surface area contributed by atoms with Gasteiger partial charge in [0.25, 0.3) is 5.91 Å². The van der Waals surface area contributed by atoms with Crippen LogP contribution in [0.4, 0.5) is 5.82 Å². The number of piperidine rings is 2. The highest BCUT2D eigenvalue weighted by atomic mass is 32.2. The highest BCUT2D eigenvalue weighted by Gasteiger charge is 2.31. The zero-order chi connectivity index (χ0) is 26.7. The van der Waals surface area contributed by atoms with Crippen molar-refractivity contribution >= 4 is 21.7 Å². The number of ether oxygens (including phenoxy) is 1. The monoisotopic (exact) mass is 542 g/mol. The van der Waals surface area contributed by atoms with Gasteiger partial charge in [0.15, 0.2) is 0 Å². The van der Waals surface area contributed by atoms with Crippen molar-refractivity contribution in [2.45, 2.75) is 51.1 Å². The topological polar surface area (TPSA) is 117 Å². The first-order valence-electron chi connectivity index (χ1n) is 13.5. The summed E-state index contributed by atoms with van der Waals surface area (Å²) in [5.74, 6) is 1.94. The Morgan fingerprint density at radius 2 is 1.82 bits per heavy atom. The Kier molecular flexibility index (Phi) is 8.15. The lowest BCUT2D eigenvalue weighted by Gasteiger charge is -2.41. The number of rotatable bonds is 7. The van der Waals surface area contributed by atoms with Crippen molar-refractivity contribution in [1.29, 1.82) is 0 Å². The Balaban J connectivity index is 1.12. The third-order valence-electron chi connectivity index (χ3n) is 7.98. The molecule has 0 spiro atoms. The molecular weight excluding hydrogens is 504 g/mol. The molecule has 0 radical (unpaired) electrons. The average Bonchev–Trinajstić information content (AvgIpc) is 2.92. The molecule has 1 aromatic carbocycles. The number of sulfonamides is 1. The van der Waals surface area contributed by atoms with Crippen LogP contribution in [-0.2, 0) is 16.4 Å². The quantitative estimate of drug-likeness (QED) is 0.546.